The quantitative estimate of drug-likeness (QED) is 0.571. The number of nitrogens with zero attached hydrogens (tertiary/aromatic N) is 3. The first-order valence-electron chi connectivity index (χ1n) is 7.58. The van der Waals surface area contributed by atoms with E-state index in [1.807, 2.05) is 44.2 Å². The van der Waals surface area contributed by atoms with Crippen LogP contribution in [0.1, 0.15) is 16.1 Å². The third kappa shape index (κ3) is 2.45. The molecule has 0 spiro atoms. The lowest BCUT2D eigenvalue weighted by atomic mass is 10.2. The van der Waals surface area contributed by atoms with Crippen molar-refractivity contribution in [2.75, 3.05) is 0 Å². The van der Waals surface area contributed by atoms with Gasteiger partial charge in [0.15, 0.2) is 0 Å². The number of oxazole rings is 1. The molecule has 0 N–H and O–H groups in total. The molecule has 0 atom stereocenters. The minimum absolute atomic E-state index is 0.0360. The molecule has 4 rings (SSSR count). The largest absolute Gasteiger partial charge is 0.444 e. The highest BCUT2D eigenvalue weighted by atomic mass is 32.1. The molecule has 24 heavy (non-hydrogen) atoms. The molecule has 0 saturated heterocycles. The molecule has 6 heteroatoms. The smallest absolute Gasteiger partial charge is 0.262 e. The number of aromatic nitrogens is 3. The lowest BCUT2D eigenvalue weighted by molar-refractivity contribution is 0.571. The summed E-state index contributed by atoms with van der Waals surface area (Å²) < 4.78 is 7.11. The maximum absolute atomic E-state index is 12.7. The first kappa shape index (κ1) is 14.8. The average Bonchev–Trinajstić information content (AvgIpc) is 3.17. The maximum Gasteiger partial charge on any atom is 0.262 e. The third-order valence-corrected chi connectivity index (χ3v) is 5.18. The Balaban J connectivity index is 1.70. The van der Waals surface area contributed by atoms with Gasteiger partial charge in [0, 0.05) is 10.4 Å². The molecule has 3 aromatic heterocycles. The Hall–Kier alpha value is -2.73. The van der Waals surface area contributed by atoms with Gasteiger partial charge in [-0.25, -0.2) is 9.97 Å². The zero-order chi connectivity index (χ0) is 16.7. The number of hydrogen-bond acceptors (Lipinski definition) is 5. The van der Waals surface area contributed by atoms with Crippen LogP contribution in [0.25, 0.3) is 21.7 Å². The second kappa shape index (κ2) is 5.72. The molecule has 3 heterocycles. The highest BCUT2D eigenvalue weighted by molar-refractivity contribution is 7.18. The van der Waals surface area contributed by atoms with Crippen molar-refractivity contribution in [3.63, 3.8) is 0 Å². The van der Waals surface area contributed by atoms with Crippen LogP contribution in [0.15, 0.2) is 52.1 Å². The molecule has 0 bridgehead atoms. The van der Waals surface area contributed by atoms with Gasteiger partial charge in [-0.1, -0.05) is 18.2 Å². The number of rotatable bonds is 3. The van der Waals surface area contributed by atoms with E-state index < -0.39 is 0 Å². The molecule has 0 amide bonds. The Kier molecular flexibility index (Phi) is 3.54. The van der Waals surface area contributed by atoms with Gasteiger partial charge in [0.05, 0.1) is 24.0 Å². The molecule has 4 aromatic rings. The molecule has 0 fully saturated rings. The summed E-state index contributed by atoms with van der Waals surface area (Å²) in [6.07, 6.45) is 3.17. The summed E-state index contributed by atoms with van der Waals surface area (Å²) in [6, 6.07) is 9.69. The van der Waals surface area contributed by atoms with E-state index in [2.05, 4.69) is 9.97 Å². The predicted octanol–water partition coefficient (Wildman–Crippen LogP) is 3.78. The van der Waals surface area contributed by atoms with Gasteiger partial charge in [-0.05, 0) is 31.5 Å². The molecule has 1 aromatic carbocycles. The minimum atomic E-state index is -0.0360. The molecule has 0 aliphatic heterocycles. The first-order valence-corrected chi connectivity index (χ1v) is 8.40. The topological polar surface area (TPSA) is 60.9 Å². The fourth-order valence-electron chi connectivity index (χ4n) is 2.65. The van der Waals surface area contributed by atoms with E-state index in [1.54, 1.807) is 28.5 Å². The van der Waals surface area contributed by atoms with Crippen LogP contribution in [0.3, 0.4) is 0 Å². The van der Waals surface area contributed by atoms with Crippen molar-refractivity contribution in [2.45, 2.75) is 20.4 Å². The van der Waals surface area contributed by atoms with Gasteiger partial charge >= 0.3 is 0 Å². The molecule has 0 saturated carbocycles. The van der Waals surface area contributed by atoms with Crippen LogP contribution in [-0.4, -0.2) is 14.5 Å². The standard InChI is InChI=1S/C18H15N3O2S/c1-11-12(2)24-17-15(11)18(22)21(10-19-17)8-14-9-23-16(20-14)13-6-4-3-5-7-13/h3-7,9-10H,8H2,1-2H3. The zero-order valence-corrected chi connectivity index (χ0v) is 14.1. The Labute approximate surface area is 142 Å². The Morgan fingerprint density at radius 2 is 2.00 bits per heavy atom. The molecular formula is C18H15N3O2S. The van der Waals surface area contributed by atoms with Gasteiger partial charge in [-0.2, -0.15) is 0 Å². The van der Waals surface area contributed by atoms with Crippen molar-refractivity contribution in [3.8, 4) is 11.5 Å². The molecule has 120 valence electrons. The van der Waals surface area contributed by atoms with Crippen LogP contribution in [-0.2, 0) is 6.54 Å². The summed E-state index contributed by atoms with van der Waals surface area (Å²) >= 11 is 1.55. The van der Waals surface area contributed by atoms with E-state index in [9.17, 15) is 4.79 Å². The lowest BCUT2D eigenvalue weighted by Gasteiger charge is -2.02. The molecule has 5 nitrogen and oxygen atoms in total. The molecule has 0 aliphatic carbocycles. The highest BCUT2D eigenvalue weighted by Crippen LogP contribution is 2.25. The van der Waals surface area contributed by atoms with Crippen LogP contribution in [0, 0.1) is 13.8 Å². The van der Waals surface area contributed by atoms with Crippen LogP contribution in [0.2, 0.25) is 0 Å². The molecule has 0 unspecified atom stereocenters. The van der Waals surface area contributed by atoms with Gasteiger partial charge in [0.1, 0.15) is 11.1 Å². The van der Waals surface area contributed by atoms with Crippen LogP contribution in [0.4, 0.5) is 0 Å². The van der Waals surface area contributed by atoms with Crippen molar-refractivity contribution in [3.05, 3.63) is 69.4 Å². The first-order chi connectivity index (χ1) is 11.6. The number of benzene rings is 1. The van der Waals surface area contributed by atoms with E-state index in [-0.39, 0.29) is 5.56 Å². The highest BCUT2D eigenvalue weighted by Gasteiger charge is 2.13. The SMILES string of the molecule is Cc1sc2ncn(Cc3coc(-c4ccccc4)n3)c(=O)c2c1C. The Bertz CT molecular complexity index is 1080. The van der Waals surface area contributed by atoms with E-state index in [1.165, 1.54) is 0 Å². The number of thiophene rings is 1. The van der Waals surface area contributed by atoms with Gasteiger partial charge in [0.25, 0.3) is 5.56 Å². The van der Waals surface area contributed by atoms with Crippen molar-refractivity contribution in [1.82, 2.24) is 14.5 Å². The fraction of sp³-hybridized carbons (Fsp3) is 0.167. The summed E-state index contributed by atoms with van der Waals surface area (Å²) in [6.45, 7) is 4.31. The molecular weight excluding hydrogens is 322 g/mol. The van der Waals surface area contributed by atoms with Crippen LogP contribution >= 0.6 is 11.3 Å². The van der Waals surface area contributed by atoms with Gasteiger partial charge in [-0.3, -0.25) is 9.36 Å². The number of aryl methyl sites for hydroxylation is 2. The van der Waals surface area contributed by atoms with Gasteiger partial charge in [0.2, 0.25) is 5.89 Å². The average molecular weight is 337 g/mol. The van der Waals surface area contributed by atoms with E-state index in [0.717, 1.165) is 20.8 Å². The monoisotopic (exact) mass is 337 g/mol. The second-order valence-corrected chi connectivity index (χ2v) is 6.85. The van der Waals surface area contributed by atoms with Crippen molar-refractivity contribution in [1.29, 1.82) is 0 Å². The van der Waals surface area contributed by atoms with E-state index >= 15 is 0 Å². The Morgan fingerprint density at radius 1 is 1.21 bits per heavy atom. The zero-order valence-electron chi connectivity index (χ0n) is 13.3. The van der Waals surface area contributed by atoms with Gasteiger partial charge in [-0.15, -0.1) is 11.3 Å². The van der Waals surface area contributed by atoms with Crippen molar-refractivity contribution >= 4 is 21.6 Å². The molecule has 0 aliphatic rings. The summed E-state index contributed by atoms with van der Waals surface area (Å²) in [7, 11) is 0. The molecule has 0 radical (unpaired) electrons. The van der Waals surface area contributed by atoms with E-state index in [4.69, 9.17) is 4.42 Å². The van der Waals surface area contributed by atoms with E-state index in [0.29, 0.717) is 23.5 Å². The summed E-state index contributed by atoms with van der Waals surface area (Å²) in [5.41, 5.74) is 2.58. The number of fused-ring (bicyclic) bond motifs is 1. The number of hydrogen-bond donors (Lipinski definition) is 0. The Morgan fingerprint density at radius 3 is 2.79 bits per heavy atom. The van der Waals surface area contributed by atoms with Crippen molar-refractivity contribution < 1.29 is 4.42 Å². The lowest BCUT2D eigenvalue weighted by Crippen LogP contribution is -2.21. The predicted molar refractivity (Wildman–Crippen MR) is 94.4 cm³/mol. The normalized spacial score (nSPS) is 11.2. The summed E-state index contributed by atoms with van der Waals surface area (Å²) in [5, 5.41) is 0.701. The fourth-order valence-corrected chi connectivity index (χ4v) is 3.64. The van der Waals surface area contributed by atoms with Crippen LogP contribution < -0.4 is 5.56 Å². The summed E-state index contributed by atoms with van der Waals surface area (Å²) in [5.74, 6) is 0.551. The van der Waals surface area contributed by atoms with Crippen molar-refractivity contribution in [2.24, 2.45) is 0 Å². The minimum Gasteiger partial charge on any atom is -0.444 e. The van der Waals surface area contributed by atoms with Gasteiger partial charge < -0.3 is 4.42 Å². The summed E-state index contributed by atoms with van der Waals surface area (Å²) in [4.78, 5) is 23.5. The maximum atomic E-state index is 12.7. The van der Waals surface area contributed by atoms with Crippen LogP contribution in [0.5, 0.6) is 0 Å². The third-order valence-electron chi connectivity index (χ3n) is 4.06. The second-order valence-electron chi connectivity index (χ2n) is 5.65.